The molecule has 0 saturated heterocycles. The average molecular weight is 171 g/mol. The molecule has 1 fully saturated rings. The van der Waals surface area contributed by atoms with Gasteiger partial charge in [-0.05, 0) is 19.8 Å². The van der Waals surface area contributed by atoms with Gasteiger partial charge in [-0.25, -0.2) is 10.2 Å². The molecule has 5 nitrogen and oxygen atoms in total. The van der Waals surface area contributed by atoms with Gasteiger partial charge < -0.3 is 5.32 Å². The molecule has 0 heterocycles. The van der Waals surface area contributed by atoms with E-state index in [4.69, 9.17) is 0 Å². The van der Waals surface area contributed by atoms with E-state index in [0.29, 0.717) is 6.54 Å². The zero-order chi connectivity index (χ0) is 8.97. The number of amides is 3. The molecule has 0 aromatic carbocycles. The Morgan fingerprint density at radius 1 is 1.33 bits per heavy atom. The van der Waals surface area contributed by atoms with E-state index >= 15 is 0 Å². The van der Waals surface area contributed by atoms with Crippen LogP contribution in [0.15, 0.2) is 0 Å². The monoisotopic (exact) mass is 171 g/mol. The van der Waals surface area contributed by atoms with Crippen LogP contribution in [0.1, 0.15) is 19.8 Å². The maximum atomic E-state index is 11.0. The van der Waals surface area contributed by atoms with Gasteiger partial charge >= 0.3 is 6.03 Å². The van der Waals surface area contributed by atoms with Crippen LogP contribution < -0.4 is 16.2 Å². The molecule has 3 amide bonds. The van der Waals surface area contributed by atoms with Crippen molar-refractivity contribution in [3.63, 3.8) is 0 Å². The van der Waals surface area contributed by atoms with E-state index in [1.165, 1.54) is 0 Å². The van der Waals surface area contributed by atoms with Gasteiger partial charge in [0.15, 0.2) is 0 Å². The van der Waals surface area contributed by atoms with Gasteiger partial charge in [0.1, 0.15) is 0 Å². The summed E-state index contributed by atoms with van der Waals surface area (Å²) in [7, 11) is 0. The number of carbonyl (C=O) groups excluding carboxylic acids is 2. The predicted molar refractivity (Wildman–Crippen MR) is 43.1 cm³/mol. The first-order valence-corrected chi connectivity index (χ1v) is 4.07. The smallest absolute Gasteiger partial charge is 0.333 e. The lowest BCUT2D eigenvalue weighted by Gasteiger charge is -2.06. The molecule has 12 heavy (non-hydrogen) atoms. The number of carbonyl (C=O) groups is 2. The number of hydrogen-bond donors (Lipinski definition) is 3. The molecule has 0 unspecified atom stereocenters. The summed E-state index contributed by atoms with van der Waals surface area (Å²) in [5.74, 6) is 0.0215. The standard InChI is InChI=1S/C7H13N3O2/c1-2-8-7(12)10-9-6(11)5-3-4-5/h5H,2-4H2,1H3,(H,9,11)(H2,8,10,12). The summed E-state index contributed by atoms with van der Waals surface area (Å²) in [4.78, 5) is 21.7. The lowest BCUT2D eigenvalue weighted by molar-refractivity contribution is -0.123. The Balaban J connectivity index is 2.07. The van der Waals surface area contributed by atoms with Gasteiger partial charge in [-0.15, -0.1) is 0 Å². The predicted octanol–water partition coefficient (Wildman–Crippen LogP) is -0.253. The highest BCUT2D eigenvalue weighted by atomic mass is 16.2. The molecule has 0 spiro atoms. The Morgan fingerprint density at radius 2 is 2.00 bits per heavy atom. The number of hydrogen-bond acceptors (Lipinski definition) is 2. The summed E-state index contributed by atoms with van der Waals surface area (Å²) in [6.45, 7) is 2.35. The fraction of sp³-hybridized carbons (Fsp3) is 0.714. The zero-order valence-corrected chi connectivity index (χ0v) is 7.02. The van der Waals surface area contributed by atoms with Gasteiger partial charge in [-0.3, -0.25) is 10.2 Å². The van der Waals surface area contributed by atoms with Crippen molar-refractivity contribution < 1.29 is 9.59 Å². The third kappa shape index (κ3) is 2.77. The molecule has 1 aliphatic carbocycles. The number of urea groups is 1. The molecule has 0 aromatic heterocycles. The summed E-state index contributed by atoms with van der Waals surface area (Å²) >= 11 is 0. The normalized spacial score (nSPS) is 15.1. The SMILES string of the molecule is CCNC(=O)NNC(=O)C1CC1. The molecule has 1 rings (SSSR count). The number of hydrazine groups is 1. The Labute approximate surface area is 70.9 Å². The van der Waals surface area contributed by atoms with Crippen molar-refractivity contribution in [3.8, 4) is 0 Å². The molecular formula is C7H13N3O2. The fourth-order valence-corrected chi connectivity index (χ4v) is 0.771. The van der Waals surface area contributed by atoms with Crippen molar-refractivity contribution in [1.29, 1.82) is 0 Å². The van der Waals surface area contributed by atoms with Crippen LogP contribution in [0.4, 0.5) is 4.79 Å². The molecule has 1 saturated carbocycles. The topological polar surface area (TPSA) is 70.2 Å². The molecule has 68 valence electrons. The minimum atomic E-state index is -0.369. The van der Waals surface area contributed by atoms with Crippen molar-refractivity contribution in [2.24, 2.45) is 5.92 Å². The molecule has 0 radical (unpaired) electrons. The summed E-state index contributed by atoms with van der Waals surface area (Å²) in [6.07, 6.45) is 1.87. The van der Waals surface area contributed by atoms with Gasteiger partial charge in [-0.1, -0.05) is 0 Å². The summed E-state index contributed by atoms with van der Waals surface area (Å²) in [5, 5.41) is 2.50. The van der Waals surface area contributed by atoms with Crippen LogP contribution in [-0.4, -0.2) is 18.5 Å². The third-order valence-corrected chi connectivity index (χ3v) is 1.58. The number of rotatable bonds is 2. The quantitative estimate of drug-likeness (QED) is 0.501. The molecule has 0 aliphatic heterocycles. The molecule has 3 N–H and O–H groups in total. The average Bonchev–Trinajstić information content (AvgIpc) is 2.83. The van der Waals surface area contributed by atoms with Crippen molar-refractivity contribution >= 4 is 11.9 Å². The number of nitrogens with one attached hydrogen (secondary N) is 3. The summed E-state index contributed by atoms with van der Waals surface area (Å²) in [5.41, 5.74) is 4.58. The minimum absolute atomic E-state index is 0.0961. The molecule has 1 aliphatic rings. The first-order valence-electron chi connectivity index (χ1n) is 4.07. The lowest BCUT2D eigenvalue weighted by atomic mass is 10.4. The second-order valence-corrected chi connectivity index (χ2v) is 2.75. The fourth-order valence-electron chi connectivity index (χ4n) is 0.771. The van der Waals surface area contributed by atoms with Crippen molar-refractivity contribution in [2.45, 2.75) is 19.8 Å². The van der Waals surface area contributed by atoms with Gasteiger partial charge in [0.05, 0.1) is 0 Å². The highest BCUT2D eigenvalue weighted by Crippen LogP contribution is 2.28. The highest BCUT2D eigenvalue weighted by molar-refractivity contribution is 5.83. The van der Waals surface area contributed by atoms with Gasteiger partial charge in [0.25, 0.3) is 0 Å². The van der Waals surface area contributed by atoms with Crippen molar-refractivity contribution in [1.82, 2.24) is 16.2 Å². The second-order valence-electron chi connectivity index (χ2n) is 2.75. The van der Waals surface area contributed by atoms with E-state index in [2.05, 4.69) is 16.2 Å². The van der Waals surface area contributed by atoms with E-state index in [-0.39, 0.29) is 17.9 Å². The Morgan fingerprint density at radius 3 is 2.50 bits per heavy atom. The summed E-state index contributed by atoms with van der Waals surface area (Å²) in [6, 6.07) is -0.369. The Kier molecular flexibility index (Phi) is 2.90. The highest BCUT2D eigenvalue weighted by Gasteiger charge is 2.29. The van der Waals surface area contributed by atoms with E-state index in [1.807, 2.05) is 6.92 Å². The van der Waals surface area contributed by atoms with E-state index in [9.17, 15) is 9.59 Å². The molecule has 0 bridgehead atoms. The maximum Gasteiger partial charge on any atom is 0.333 e. The van der Waals surface area contributed by atoms with Crippen LogP contribution in [0.3, 0.4) is 0 Å². The molecule has 0 atom stereocenters. The third-order valence-electron chi connectivity index (χ3n) is 1.58. The largest absolute Gasteiger partial charge is 0.337 e. The molecular weight excluding hydrogens is 158 g/mol. The summed E-state index contributed by atoms with van der Waals surface area (Å²) < 4.78 is 0. The first-order chi connectivity index (χ1) is 5.74. The lowest BCUT2D eigenvalue weighted by Crippen LogP contribution is -2.47. The maximum absolute atomic E-state index is 11.0. The van der Waals surface area contributed by atoms with E-state index in [1.54, 1.807) is 0 Å². The van der Waals surface area contributed by atoms with Gasteiger partial charge in [-0.2, -0.15) is 0 Å². The van der Waals surface area contributed by atoms with Crippen molar-refractivity contribution in [2.75, 3.05) is 6.54 Å². The Hall–Kier alpha value is -1.26. The van der Waals surface area contributed by atoms with Crippen molar-refractivity contribution in [3.05, 3.63) is 0 Å². The van der Waals surface area contributed by atoms with Crippen LogP contribution in [0.25, 0.3) is 0 Å². The zero-order valence-electron chi connectivity index (χ0n) is 7.02. The van der Waals surface area contributed by atoms with Crippen LogP contribution in [0.5, 0.6) is 0 Å². The molecule has 5 heteroatoms. The van der Waals surface area contributed by atoms with Crippen LogP contribution in [0.2, 0.25) is 0 Å². The second kappa shape index (κ2) is 3.94. The van der Waals surface area contributed by atoms with Crippen LogP contribution in [0, 0.1) is 5.92 Å². The van der Waals surface area contributed by atoms with Crippen LogP contribution >= 0.6 is 0 Å². The first kappa shape index (κ1) is 8.83. The Bertz CT molecular complexity index is 189. The van der Waals surface area contributed by atoms with Gasteiger partial charge in [0.2, 0.25) is 5.91 Å². The van der Waals surface area contributed by atoms with Crippen LogP contribution in [-0.2, 0) is 4.79 Å². The minimum Gasteiger partial charge on any atom is -0.337 e. The van der Waals surface area contributed by atoms with E-state index in [0.717, 1.165) is 12.8 Å². The molecule has 0 aromatic rings. The van der Waals surface area contributed by atoms with E-state index < -0.39 is 0 Å². The van der Waals surface area contributed by atoms with Gasteiger partial charge in [0, 0.05) is 12.5 Å².